The van der Waals surface area contributed by atoms with Gasteiger partial charge in [0, 0.05) is 6.42 Å². The van der Waals surface area contributed by atoms with Gasteiger partial charge in [-0.2, -0.15) is 0 Å². The van der Waals surface area contributed by atoms with Gasteiger partial charge in [0.1, 0.15) is 0 Å². The van der Waals surface area contributed by atoms with Crippen molar-refractivity contribution in [1.82, 2.24) is 0 Å². The van der Waals surface area contributed by atoms with Crippen LogP contribution >= 0.6 is 0 Å². The lowest BCUT2D eigenvalue weighted by Crippen LogP contribution is -2.08. The lowest BCUT2D eigenvalue weighted by molar-refractivity contribution is -0.144. The van der Waals surface area contributed by atoms with E-state index in [1.807, 2.05) is 0 Å². The number of hydrogen-bond acceptors (Lipinski definition) is 2. The zero-order valence-electron chi connectivity index (χ0n) is 12.2. The molecular weight excluding hydrogens is 224 g/mol. The van der Waals surface area contributed by atoms with Gasteiger partial charge < -0.3 is 4.74 Å². The van der Waals surface area contributed by atoms with Gasteiger partial charge in [-0.25, -0.2) is 0 Å². The average Bonchev–Trinajstić information content (AvgIpc) is 3.09. The minimum atomic E-state index is -0.00148. The van der Waals surface area contributed by atoms with E-state index in [0.717, 1.165) is 25.2 Å². The topological polar surface area (TPSA) is 26.3 Å². The number of hydrogen-bond donors (Lipinski definition) is 0. The van der Waals surface area contributed by atoms with Crippen LogP contribution in [0.15, 0.2) is 11.6 Å². The Hall–Kier alpha value is -0.790. The molecule has 1 atom stereocenters. The summed E-state index contributed by atoms with van der Waals surface area (Å²) in [7, 11) is 0. The molecule has 0 N–H and O–H groups in total. The van der Waals surface area contributed by atoms with Crippen LogP contribution in [0, 0.1) is 11.8 Å². The summed E-state index contributed by atoms with van der Waals surface area (Å²) >= 11 is 0. The molecular formula is C16H28O2. The van der Waals surface area contributed by atoms with Crippen LogP contribution < -0.4 is 0 Å². The number of carbonyl (C=O) groups is 1. The second kappa shape index (κ2) is 8.34. The maximum atomic E-state index is 11.4. The van der Waals surface area contributed by atoms with Crippen LogP contribution in [0.5, 0.6) is 0 Å². The predicted octanol–water partition coefficient (Wildman–Crippen LogP) is 4.49. The molecule has 0 radical (unpaired) electrons. The largest absolute Gasteiger partial charge is 0.466 e. The van der Waals surface area contributed by atoms with Gasteiger partial charge in [-0.3, -0.25) is 4.79 Å². The van der Waals surface area contributed by atoms with Crippen LogP contribution in [-0.2, 0) is 9.53 Å². The van der Waals surface area contributed by atoms with Crippen LogP contribution in [0.4, 0.5) is 0 Å². The molecule has 1 aliphatic carbocycles. The highest BCUT2D eigenvalue weighted by Gasteiger charge is 2.22. The van der Waals surface area contributed by atoms with Crippen molar-refractivity contribution in [2.24, 2.45) is 11.8 Å². The van der Waals surface area contributed by atoms with Crippen molar-refractivity contribution in [2.45, 2.75) is 65.7 Å². The first kappa shape index (κ1) is 15.3. The molecule has 1 aliphatic rings. The molecule has 0 aromatic heterocycles. The lowest BCUT2D eigenvalue weighted by atomic mass is 10.0. The maximum absolute atomic E-state index is 11.4. The quantitative estimate of drug-likeness (QED) is 0.446. The predicted molar refractivity (Wildman–Crippen MR) is 75.4 cm³/mol. The summed E-state index contributed by atoms with van der Waals surface area (Å²) in [5, 5.41) is 0. The molecule has 0 amide bonds. The minimum absolute atomic E-state index is 0.00148. The maximum Gasteiger partial charge on any atom is 0.305 e. The third kappa shape index (κ3) is 8.32. The Morgan fingerprint density at radius 1 is 1.33 bits per heavy atom. The van der Waals surface area contributed by atoms with Gasteiger partial charge in [0.15, 0.2) is 0 Å². The van der Waals surface area contributed by atoms with Crippen molar-refractivity contribution in [3.8, 4) is 0 Å². The summed E-state index contributed by atoms with van der Waals surface area (Å²) in [4.78, 5) is 11.4. The monoisotopic (exact) mass is 252 g/mol. The van der Waals surface area contributed by atoms with Crippen LogP contribution in [0.2, 0.25) is 0 Å². The van der Waals surface area contributed by atoms with E-state index < -0.39 is 0 Å². The van der Waals surface area contributed by atoms with Crippen molar-refractivity contribution >= 4 is 5.97 Å². The van der Waals surface area contributed by atoms with Gasteiger partial charge in [0.25, 0.3) is 0 Å². The molecule has 0 heterocycles. The molecule has 1 rings (SSSR count). The molecule has 0 aromatic carbocycles. The van der Waals surface area contributed by atoms with Crippen molar-refractivity contribution in [2.75, 3.05) is 6.61 Å². The normalized spacial score (nSPS) is 16.2. The summed E-state index contributed by atoms with van der Waals surface area (Å²) < 4.78 is 5.26. The molecule has 0 saturated heterocycles. The fourth-order valence-electron chi connectivity index (χ4n) is 1.98. The molecule has 2 heteroatoms. The van der Waals surface area contributed by atoms with Crippen molar-refractivity contribution in [3.05, 3.63) is 11.6 Å². The first-order valence-corrected chi connectivity index (χ1v) is 7.37. The molecule has 0 spiro atoms. The zero-order chi connectivity index (χ0) is 13.4. The fourth-order valence-corrected chi connectivity index (χ4v) is 1.98. The summed E-state index contributed by atoms with van der Waals surface area (Å²) in [6.07, 6.45) is 9.88. The van der Waals surface area contributed by atoms with Gasteiger partial charge in [-0.15, -0.1) is 0 Å². The molecule has 1 fully saturated rings. The Morgan fingerprint density at radius 3 is 2.67 bits per heavy atom. The Kier molecular flexibility index (Phi) is 7.07. The highest BCUT2D eigenvalue weighted by atomic mass is 16.5. The standard InChI is InChI=1S/C16H28O2/c1-13(2)5-4-6-14(3)11-12-18-16(17)10-9-15-7-8-15/h5,14-15H,4,6-12H2,1-3H3. The third-order valence-corrected chi connectivity index (χ3v) is 3.54. The Bertz CT molecular complexity index is 273. The van der Waals surface area contributed by atoms with Gasteiger partial charge in [-0.1, -0.05) is 31.4 Å². The van der Waals surface area contributed by atoms with Crippen LogP contribution in [0.1, 0.15) is 65.7 Å². The Morgan fingerprint density at radius 2 is 2.06 bits per heavy atom. The summed E-state index contributed by atoms with van der Waals surface area (Å²) in [5.74, 6) is 1.45. The van der Waals surface area contributed by atoms with E-state index in [1.54, 1.807) is 0 Å². The molecule has 104 valence electrons. The second-order valence-electron chi connectivity index (χ2n) is 5.96. The van der Waals surface area contributed by atoms with E-state index in [-0.39, 0.29) is 5.97 Å². The molecule has 1 unspecified atom stereocenters. The highest BCUT2D eigenvalue weighted by molar-refractivity contribution is 5.69. The molecule has 0 aliphatic heterocycles. The van der Waals surface area contributed by atoms with Gasteiger partial charge in [0.05, 0.1) is 6.61 Å². The third-order valence-electron chi connectivity index (χ3n) is 3.54. The smallest absolute Gasteiger partial charge is 0.305 e. The summed E-state index contributed by atoms with van der Waals surface area (Å²) in [5.41, 5.74) is 1.38. The highest BCUT2D eigenvalue weighted by Crippen LogP contribution is 2.33. The molecule has 18 heavy (non-hydrogen) atoms. The molecule has 0 aromatic rings. The molecule has 0 bridgehead atoms. The first-order valence-electron chi connectivity index (χ1n) is 7.37. The van der Waals surface area contributed by atoms with E-state index in [2.05, 4.69) is 26.8 Å². The number of carbonyl (C=O) groups excluding carboxylic acids is 1. The minimum Gasteiger partial charge on any atom is -0.466 e. The number of esters is 1. The summed E-state index contributed by atoms with van der Waals surface area (Å²) in [6, 6.07) is 0. The Balaban J connectivity index is 1.94. The van der Waals surface area contributed by atoms with E-state index >= 15 is 0 Å². The molecule has 2 nitrogen and oxygen atoms in total. The van der Waals surface area contributed by atoms with Crippen molar-refractivity contribution in [3.63, 3.8) is 0 Å². The fraction of sp³-hybridized carbons (Fsp3) is 0.812. The van der Waals surface area contributed by atoms with Crippen molar-refractivity contribution in [1.29, 1.82) is 0 Å². The molecule has 1 saturated carbocycles. The lowest BCUT2D eigenvalue weighted by Gasteiger charge is -2.10. The summed E-state index contributed by atoms with van der Waals surface area (Å²) in [6.45, 7) is 7.09. The van der Waals surface area contributed by atoms with E-state index in [4.69, 9.17) is 4.74 Å². The number of ether oxygens (including phenoxy) is 1. The van der Waals surface area contributed by atoms with Crippen LogP contribution in [0.25, 0.3) is 0 Å². The van der Waals surface area contributed by atoms with Crippen LogP contribution in [-0.4, -0.2) is 12.6 Å². The Labute approximate surface area is 112 Å². The van der Waals surface area contributed by atoms with Gasteiger partial charge >= 0.3 is 5.97 Å². The number of allylic oxidation sites excluding steroid dienone is 2. The van der Waals surface area contributed by atoms with E-state index in [0.29, 0.717) is 18.9 Å². The van der Waals surface area contributed by atoms with Gasteiger partial charge in [-0.05, 0) is 51.4 Å². The van der Waals surface area contributed by atoms with Gasteiger partial charge in [0.2, 0.25) is 0 Å². The zero-order valence-corrected chi connectivity index (χ0v) is 12.2. The van der Waals surface area contributed by atoms with Crippen molar-refractivity contribution < 1.29 is 9.53 Å². The average molecular weight is 252 g/mol. The SMILES string of the molecule is CC(C)=CCCC(C)CCOC(=O)CCC1CC1. The van der Waals surface area contributed by atoms with E-state index in [9.17, 15) is 4.79 Å². The number of rotatable bonds is 9. The van der Waals surface area contributed by atoms with E-state index in [1.165, 1.54) is 24.8 Å². The second-order valence-corrected chi connectivity index (χ2v) is 5.96. The first-order chi connectivity index (χ1) is 8.58. The van der Waals surface area contributed by atoms with Crippen LogP contribution in [0.3, 0.4) is 0 Å².